The summed E-state index contributed by atoms with van der Waals surface area (Å²) in [5.74, 6) is -0.258. The molecule has 1 aromatic heterocycles. The van der Waals surface area contributed by atoms with E-state index in [0.29, 0.717) is 12.2 Å². The van der Waals surface area contributed by atoms with Crippen LogP contribution < -0.4 is 10.5 Å². The van der Waals surface area contributed by atoms with Crippen molar-refractivity contribution < 1.29 is 21.8 Å². The van der Waals surface area contributed by atoms with Crippen LogP contribution in [0.25, 0.3) is 0 Å². The number of hydrogen-bond donors (Lipinski definition) is 2. The molecule has 114 valence electrons. The Hall–Kier alpha value is -0.710. The zero-order valence-electron chi connectivity index (χ0n) is 10.9. The molecule has 0 fully saturated rings. The predicted octanol–water partition coefficient (Wildman–Crippen LogP) is 0.576. The zero-order chi connectivity index (χ0) is 15.5. The van der Waals surface area contributed by atoms with E-state index in [1.807, 2.05) is 0 Å². The van der Waals surface area contributed by atoms with Crippen LogP contribution in [0.4, 0.5) is 0 Å². The second-order valence-electron chi connectivity index (χ2n) is 4.23. The van der Waals surface area contributed by atoms with Gasteiger partial charge in [-0.1, -0.05) is 0 Å². The van der Waals surface area contributed by atoms with Gasteiger partial charge < -0.3 is 9.73 Å². The first-order valence-corrected chi connectivity index (χ1v) is 9.61. The van der Waals surface area contributed by atoms with Crippen LogP contribution in [-0.2, 0) is 20.8 Å². The van der Waals surface area contributed by atoms with Crippen molar-refractivity contribution >= 4 is 42.7 Å². The van der Waals surface area contributed by atoms with Crippen LogP contribution in [0, 0.1) is 0 Å². The molecule has 1 aromatic rings. The molecule has 0 spiro atoms. The summed E-state index contributed by atoms with van der Waals surface area (Å²) in [7, 11) is -4.89. The first-order chi connectivity index (χ1) is 9.11. The summed E-state index contributed by atoms with van der Waals surface area (Å²) in [4.78, 5) is 11.6. The second-order valence-corrected chi connectivity index (χ2v) is 8.04. The molecule has 10 heteroatoms. The molecule has 0 radical (unpaired) electrons. The van der Waals surface area contributed by atoms with Crippen molar-refractivity contribution in [2.75, 3.05) is 12.0 Å². The lowest BCUT2D eigenvalue weighted by molar-refractivity contribution is 0.0910. The average molecular weight is 387 g/mol. The zero-order valence-corrected chi connectivity index (χ0v) is 14.1. The number of hydrogen-bond acceptors (Lipinski definition) is 5. The standard InChI is InChI=1S/C10H15BrN2O5S2/c1-6(3-4-19(2)15)13-10(14)7-5-8(9(11)18-7)20(12,16)17/h5-6H,3-4H2,1-2H3,(H,13,14)(H2,12,16,17). The summed E-state index contributed by atoms with van der Waals surface area (Å²) in [5.41, 5.74) is 0. The third kappa shape index (κ3) is 5.00. The maximum atomic E-state index is 11.9. The van der Waals surface area contributed by atoms with Gasteiger partial charge in [0.25, 0.3) is 5.91 Å². The number of sulfonamides is 1. The number of amides is 1. The van der Waals surface area contributed by atoms with Crippen LogP contribution in [0.15, 0.2) is 20.0 Å². The Morgan fingerprint density at radius 3 is 2.65 bits per heavy atom. The molecule has 1 heterocycles. The number of carbonyl (C=O) groups is 1. The summed E-state index contributed by atoms with van der Waals surface area (Å²) in [6.07, 6.45) is 2.12. The van der Waals surface area contributed by atoms with Gasteiger partial charge in [0.15, 0.2) is 10.4 Å². The molecule has 0 bridgehead atoms. The Bertz CT molecular complexity index is 626. The minimum atomic E-state index is -3.96. The highest BCUT2D eigenvalue weighted by Crippen LogP contribution is 2.25. The number of furan rings is 1. The van der Waals surface area contributed by atoms with Crippen LogP contribution in [0.5, 0.6) is 0 Å². The Labute approximate surface area is 127 Å². The quantitative estimate of drug-likeness (QED) is 0.740. The Kier molecular flexibility index (Phi) is 5.92. The van der Waals surface area contributed by atoms with Crippen molar-refractivity contribution in [1.29, 1.82) is 0 Å². The monoisotopic (exact) mass is 386 g/mol. The van der Waals surface area contributed by atoms with Crippen LogP contribution in [0.1, 0.15) is 23.9 Å². The van der Waals surface area contributed by atoms with Crippen LogP contribution >= 0.6 is 15.9 Å². The van der Waals surface area contributed by atoms with E-state index < -0.39 is 26.7 Å². The molecule has 0 saturated heterocycles. The molecule has 2 unspecified atom stereocenters. The third-order valence-corrected chi connectivity index (χ3v) is 4.98. The molecule has 2 atom stereocenters. The van der Waals surface area contributed by atoms with E-state index >= 15 is 0 Å². The molecule has 0 saturated carbocycles. The Morgan fingerprint density at radius 1 is 1.60 bits per heavy atom. The number of nitrogens with one attached hydrogen (secondary N) is 1. The summed E-state index contributed by atoms with van der Waals surface area (Å²) in [5, 5.41) is 7.59. The lowest BCUT2D eigenvalue weighted by atomic mass is 10.2. The van der Waals surface area contributed by atoms with Crippen LogP contribution in [0.3, 0.4) is 0 Å². The molecule has 7 nitrogen and oxygen atoms in total. The number of nitrogens with two attached hydrogens (primary N) is 1. The average Bonchev–Trinajstić information content (AvgIpc) is 2.68. The number of rotatable bonds is 6. The smallest absolute Gasteiger partial charge is 0.287 e. The van der Waals surface area contributed by atoms with E-state index in [1.165, 1.54) is 0 Å². The van der Waals surface area contributed by atoms with Gasteiger partial charge >= 0.3 is 0 Å². The van der Waals surface area contributed by atoms with Gasteiger partial charge in [-0.05, 0) is 29.3 Å². The normalized spacial score (nSPS) is 14.8. The molecule has 0 aliphatic rings. The predicted molar refractivity (Wildman–Crippen MR) is 78.3 cm³/mol. The van der Waals surface area contributed by atoms with E-state index in [4.69, 9.17) is 9.56 Å². The van der Waals surface area contributed by atoms with Gasteiger partial charge in [-0.15, -0.1) is 0 Å². The largest absolute Gasteiger partial charge is 0.443 e. The molecule has 0 aromatic carbocycles. The summed E-state index contributed by atoms with van der Waals surface area (Å²) < 4.78 is 38.3. The minimum Gasteiger partial charge on any atom is -0.443 e. The highest BCUT2D eigenvalue weighted by atomic mass is 79.9. The number of halogens is 1. The van der Waals surface area contributed by atoms with E-state index in [9.17, 15) is 17.4 Å². The molecular formula is C10H15BrN2O5S2. The van der Waals surface area contributed by atoms with Gasteiger partial charge in [0.1, 0.15) is 4.90 Å². The van der Waals surface area contributed by atoms with Gasteiger partial charge in [0.2, 0.25) is 10.0 Å². The van der Waals surface area contributed by atoms with Gasteiger partial charge in [-0.3, -0.25) is 9.00 Å². The third-order valence-electron chi connectivity index (χ3n) is 2.40. The number of carbonyl (C=O) groups excluding carboxylic acids is 1. The highest BCUT2D eigenvalue weighted by molar-refractivity contribution is 9.10. The fourth-order valence-corrected chi connectivity index (χ4v) is 3.56. The Morgan fingerprint density at radius 2 is 2.20 bits per heavy atom. The molecule has 20 heavy (non-hydrogen) atoms. The van der Waals surface area contributed by atoms with Gasteiger partial charge in [0.05, 0.1) is 0 Å². The topological polar surface area (TPSA) is 119 Å². The molecule has 1 rings (SSSR count). The van der Waals surface area contributed by atoms with Crippen molar-refractivity contribution in [3.8, 4) is 0 Å². The van der Waals surface area contributed by atoms with Crippen molar-refractivity contribution in [2.24, 2.45) is 5.14 Å². The van der Waals surface area contributed by atoms with Crippen molar-refractivity contribution in [3.63, 3.8) is 0 Å². The lowest BCUT2D eigenvalue weighted by Crippen LogP contribution is -2.33. The molecule has 1 amide bonds. The fraction of sp³-hybridized carbons (Fsp3) is 0.500. The fourth-order valence-electron chi connectivity index (χ4n) is 1.37. The summed E-state index contributed by atoms with van der Waals surface area (Å²) in [6, 6.07) is 0.840. The molecule has 3 N–H and O–H groups in total. The van der Waals surface area contributed by atoms with Gasteiger partial charge in [0, 0.05) is 34.9 Å². The first-order valence-electron chi connectivity index (χ1n) is 5.54. The van der Waals surface area contributed by atoms with Crippen molar-refractivity contribution in [3.05, 3.63) is 16.5 Å². The van der Waals surface area contributed by atoms with Gasteiger partial charge in [-0.25, -0.2) is 13.6 Å². The lowest BCUT2D eigenvalue weighted by Gasteiger charge is -2.11. The number of primary sulfonamides is 1. The minimum absolute atomic E-state index is 0.118. The molecule has 0 aliphatic carbocycles. The highest BCUT2D eigenvalue weighted by Gasteiger charge is 2.22. The maximum absolute atomic E-state index is 11.9. The Balaban J connectivity index is 2.76. The van der Waals surface area contributed by atoms with E-state index in [2.05, 4.69) is 21.2 Å². The van der Waals surface area contributed by atoms with Crippen LogP contribution in [0.2, 0.25) is 0 Å². The van der Waals surface area contributed by atoms with E-state index in [-0.39, 0.29) is 21.4 Å². The second kappa shape index (κ2) is 6.83. The van der Waals surface area contributed by atoms with Crippen molar-refractivity contribution in [2.45, 2.75) is 24.3 Å². The molecular weight excluding hydrogens is 372 g/mol. The summed E-state index contributed by atoms with van der Waals surface area (Å²) in [6.45, 7) is 1.75. The van der Waals surface area contributed by atoms with E-state index in [1.54, 1.807) is 13.2 Å². The SMILES string of the molecule is CC(CCS(C)=O)NC(=O)c1cc(S(N)(=O)=O)c(Br)o1. The first kappa shape index (κ1) is 17.3. The molecule has 0 aliphatic heterocycles. The maximum Gasteiger partial charge on any atom is 0.287 e. The van der Waals surface area contributed by atoms with Crippen molar-refractivity contribution in [1.82, 2.24) is 5.32 Å². The van der Waals surface area contributed by atoms with Crippen LogP contribution in [-0.4, -0.2) is 36.6 Å². The summed E-state index contributed by atoms with van der Waals surface area (Å²) >= 11 is 2.89. The van der Waals surface area contributed by atoms with Gasteiger partial charge in [-0.2, -0.15) is 0 Å². The van der Waals surface area contributed by atoms with E-state index in [0.717, 1.165) is 6.07 Å².